The Hall–Kier alpha value is -0.610. The summed E-state index contributed by atoms with van der Waals surface area (Å²) in [6, 6.07) is 1.56. The zero-order valence-corrected chi connectivity index (χ0v) is 10.3. The molecule has 1 atom stereocenters. The molecule has 4 nitrogen and oxygen atoms in total. The molecule has 0 aliphatic rings. The van der Waals surface area contributed by atoms with E-state index in [1.807, 2.05) is 35.6 Å². The number of aromatic nitrogens is 2. The summed E-state index contributed by atoms with van der Waals surface area (Å²) in [5.74, 6) is 0. The molecule has 0 aliphatic carbocycles. The molecule has 1 rings (SSSR count). The zero-order valence-electron chi connectivity index (χ0n) is 7.37. The Morgan fingerprint density at radius 3 is 3.00 bits per heavy atom. The van der Waals surface area contributed by atoms with Crippen molar-refractivity contribution in [2.24, 2.45) is 0 Å². The fourth-order valence-corrected chi connectivity index (χ4v) is 1.54. The van der Waals surface area contributed by atoms with Crippen molar-refractivity contribution in [3.63, 3.8) is 0 Å². The molecule has 0 N–H and O–H groups in total. The highest BCUT2D eigenvalue weighted by Crippen LogP contribution is 2.12. The van der Waals surface area contributed by atoms with Crippen LogP contribution in [0, 0.1) is 14.9 Å². The fraction of sp³-hybridized carbons (Fsp3) is 0.375. The second-order valence-electron chi connectivity index (χ2n) is 2.61. The Morgan fingerprint density at radius 2 is 2.50 bits per heavy atom. The second kappa shape index (κ2) is 4.75. The van der Waals surface area contributed by atoms with Gasteiger partial charge in [0.2, 0.25) is 0 Å². The largest absolute Gasteiger partial charge is 0.281 e. The lowest BCUT2D eigenvalue weighted by Gasteiger charge is -2.09. The van der Waals surface area contributed by atoms with Crippen LogP contribution < -0.4 is 5.56 Å². The van der Waals surface area contributed by atoms with E-state index in [0.717, 1.165) is 0 Å². The molecular weight excluding hydrogens is 316 g/mol. The predicted octanol–water partition coefficient (Wildman–Crippen LogP) is 1.98. The van der Waals surface area contributed by atoms with Crippen molar-refractivity contribution in [1.82, 2.24) is 9.55 Å². The molecular formula is C8H7ClIN3O. The number of nitriles is 1. The summed E-state index contributed by atoms with van der Waals surface area (Å²) in [5.41, 5.74) is -0.265. The van der Waals surface area contributed by atoms with Gasteiger partial charge in [-0.1, -0.05) is 18.5 Å². The topological polar surface area (TPSA) is 58.7 Å². The molecule has 1 heterocycles. The molecule has 0 amide bonds. The summed E-state index contributed by atoms with van der Waals surface area (Å²) in [4.78, 5) is 15.5. The fourth-order valence-electron chi connectivity index (χ4n) is 0.996. The summed E-state index contributed by atoms with van der Waals surface area (Å²) < 4.78 is 1.65. The van der Waals surface area contributed by atoms with Crippen LogP contribution in [0.5, 0.6) is 0 Å². The van der Waals surface area contributed by atoms with Gasteiger partial charge in [-0.25, -0.2) is 4.98 Å². The standard InChI is InChI=1S/C8H7ClIN3O/c1-2-5(3-11)13-4-12-7(9)6(10)8(13)14/h4-5H,2H2,1H3. The van der Waals surface area contributed by atoms with Gasteiger partial charge in [-0.15, -0.1) is 0 Å². The number of nitrogens with zero attached hydrogens (tertiary/aromatic N) is 3. The molecule has 0 saturated carbocycles. The lowest BCUT2D eigenvalue weighted by Crippen LogP contribution is -2.26. The first-order chi connectivity index (χ1) is 6.61. The van der Waals surface area contributed by atoms with Gasteiger partial charge in [-0.2, -0.15) is 5.26 Å². The third-order valence-corrected chi connectivity index (χ3v) is 3.35. The molecule has 14 heavy (non-hydrogen) atoms. The van der Waals surface area contributed by atoms with E-state index in [-0.39, 0.29) is 10.7 Å². The maximum atomic E-state index is 11.6. The quantitative estimate of drug-likeness (QED) is 0.617. The Labute approximate surface area is 99.7 Å². The highest BCUT2D eigenvalue weighted by molar-refractivity contribution is 14.1. The molecule has 74 valence electrons. The smallest absolute Gasteiger partial charge is 0.269 e. The van der Waals surface area contributed by atoms with Crippen LogP contribution in [0.1, 0.15) is 19.4 Å². The average molecular weight is 324 g/mol. The first kappa shape index (κ1) is 11.5. The number of hydrogen-bond donors (Lipinski definition) is 0. The van der Waals surface area contributed by atoms with E-state index in [0.29, 0.717) is 9.99 Å². The van der Waals surface area contributed by atoms with Crippen LogP contribution in [-0.4, -0.2) is 9.55 Å². The Balaban J connectivity index is 3.32. The summed E-state index contributed by atoms with van der Waals surface area (Å²) in [6.45, 7) is 1.84. The maximum Gasteiger partial charge on any atom is 0.269 e. The van der Waals surface area contributed by atoms with Crippen molar-refractivity contribution in [3.05, 3.63) is 25.4 Å². The van der Waals surface area contributed by atoms with E-state index in [4.69, 9.17) is 16.9 Å². The molecule has 0 bridgehead atoms. The van der Waals surface area contributed by atoms with Gasteiger partial charge in [0.1, 0.15) is 21.1 Å². The number of halogens is 2. The van der Waals surface area contributed by atoms with E-state index in [1.54, 1.807) is 0 Å². The van der Waals surface area contributed by atoms with Crippen molar-refractivity contribution in [2.75, 3.05) is 0 Å². The van der Waals surface area contributed by atoms with Gasteiger partial charge in [0.05, 0.1) is 6.07 Å². The van der Waals surface area contributed by atoms with Crippen LogP contribution in [0.3, 0.4) is 0 Å². The lowest BCUT2D eigenvalue weighted by atomic mass is 10.2. The highest BCUT2D eigenvalue weighted by atomic mass is 127. The van der Waals surface area contributed by atoms with Crippen LogP contribution >= 0.6 is 34.2 Å². The van der Waals surface area contributed by atoms with Crippen molar-refractivity contribution < 1.29 is 0 Å². The minimum Gasteiger partial charge on any atom is -0.281 e. The Kier molecular flexibility index (Phi) is 3.89. The zero-order chi connectivity index (χ0) is 10.7. The van der Waals surface area contributed by atoms with Gasteiger partial charge >= 0.3 is 0 Å². The first-order valence-electron chi connectivity index (χ1n) is 3.93. The minimum atomic E-state index is -0.471. The van der Waals surface area contributed by atoms with E-state index in [9.17, 15) is 4.79 Å². The molecule has 0 aromatic carbocycles. The van der Waals surface area contributed by atoms with Crippen LogP contribution in [-0.2, 0) is 0 Å². The van der Waals surface area contributed by atoms with Crippen LogP contribution in [0.4, 0.5) is 0 Å². The SMILES string of the molecule is CCC(C#N)n1cnc(Cl)c(I)c1=O. The van der Waals surface area contributed by atoms with Gasteiger partial charge in [-0.05, 0) is 29.0 Å². The molecule has 0 spiro atoms. The van der Waals surface area contributed by atoms with Crippen LogP contribution in [0.25, 0.3) is 0 Å². The third kappa shape index (κ3) is 2.07. The van der Waals surface area contributed by atoms with Crippen molar-refractivity contribution in [1.29, 1.82) is 5.26 Å². The molecule has 0 saturated heterocycles. The van der Waals surface area contributed by atoms with E-state index >= 15 is 0 Å². The van der Waals surface area contributed by atoms with Gasteiger partial charge in [-0.3, -0.25) is 9.36 Å². The molecule has 0 aliphatic heterocycles. The summed E-state index contributed by atoms with van der Waals surface area (Å²) in [5, 5.41) is 8.97. The minimum absolute atomic E-state index is 0.180. The summed E-state index contributed by atoms with van der Waals surface area (Å²) in [7, 11) is 0. The van der Waals surface area contributed by atoms with E-state index in [1.165, 1.54) is 10.9 Å². The van der Waals surface area contributed by atoms with Crippen molar-refractivity contribution >= 4 is 34.2 Å². The van der Waals surface area contributed by atoms with E-state index in [2.05, 4.69) is 4.98 Å². The molecule has 1 unspecified atom stereocenters. The molecule has 0 fully saturated rings. The number of hydrogen-bond acceptors (Lipinski definition) is 3. The van der Waals surface area contributed by atoms with Gasteiger partial charge in [0.15, 0.2) is 0 Å². The van der Waals surface area contributed by atoms with Crippen LogP contribution in [0.15, 0.2) is 11.1 Å². The normalized spacial score (nSPS) is 12.1. The second-order valence-corrected chi connectivity index (χ2v) is 4.05. The van der Waals surface area contributed by atoms with Gasteiger partial charge < -0.3 is 0 Å². The van der Waals surface area contributed by atoms with Crippen molar-refractivity contribution in [2.45, 2.75) is 19.4 Å². The predicted molar refractivity (Wildman–Crippen MR) is 61.2 cm³/mol. The number of rotatable bonds is 2. The molecule has 1 aromatic rings. The van der Waals surface area contributed by atoms with Gasteiger partial charge in [0, 0.05) is 0 Å². The Morgan fingerprint density at radius 1 is 1.86 bits per heavy atom. The van der Waals surface area contributed by atoms with Crippen molar-refractivity contribution in [3.8, 4) is 6.07 Å². The first-order valence-corrected chi connectivity index (χ1v) is 5.39. The molecule has 0 radical (unpaired) electrons. The summed E-state index contributed by atoms with van der Waals surface area (Å²) in [6.07, 6.45) is 1.88. The lowest BCUT2D eigenvalue weighted by molar-refractivity contribution is 0.564. The average Bonchev–Trinajstić information content (AvgIpc) is 2.19. The van der Waals surface area contributed by atoms with Gasteiger partial charge in [0.25, 0.3) is 5.56 Å². The third-order valence-electron chi connectivity index (χ3n) is 1.77. The highest BCUT2D eigenvalue weighted by Gasteiger charge is 2.13. The molecule has 6 heteroatoms. The van der Waals surface area contributed by atoms with Crippen LogP contribution in [0.2, 0.25) is 5.15 Å². The monoisotopic (exact) mass is 323 g/mol. The maximum absolute atomic E-state index is 11.6. The van der Waals surface area contributed by atoms with E-state index < -0.39 is 6.04 Å². The summed E-state index contributed by atoms with van der Waals surface area (Å²) >= 11 is 7.49. The molecule has 1 aromatic heterocycles. The Bertz CT molecular complexity index is 437.